The number of anilines is 1. The SMILES string of the molecule is CCCCC(=O)OCC(=O)Nc1ccc(C(=O)N(C)C)cc1. The van der Waals surface area contributed by atoms with Gasteiger partial charge in [-0.05, 0) is 30.7 Å². The highest BCUT2D eigenvalue weighted by atomic mass is 16.5. The van der Waals surface area contributed by atoms with Gasteiger partial charge in [-0.15, -0.1) is 0 Å². The zero-order chi connectivity index (χ0) is 16.5. The molecule has 0 bridgehead atoms. The Morgan fingerprint density at radius 1 is 1.14 bits per heavy atom. The van der Waals surface area contributed by atoms with Crippen LogP contribution < -0.4 is 5.32 Å². The lowest BCUT2D eigenvalue weighted by Crippen LogP contribution is -2.22. The van der Waals surface area contributed by atoms with Crippen molar-refractivity contribution in [3.63, 3.8) is 0 Å². The molecule has 0 aromatic heterocycles. The van der Waals surface area contributed by atoms with Crippen LogP contribution in [0.2, 0.25) is 0 Å². The third-order valence-corrected chi connectivity index (χ3v) is 2.92. The largest absolute Gasteiger partial charge is 0.456 e. The van der Waals surface area contributed by atoms with Crippen molar-refractivity contribution in [2.45, 2.75) is 26.2 Å². The summed E-state index contributed by atoms with van der Waals surface area (Å²) in [5.41, 5.74) is 1.08. The molecule has 0 heterocycles. The predicted molar refractivity (Wildman–Crippen MR) is 83.6 cm³/mol. The van der Waals surface area contributed by atoms with Crippen molar-refractivity contribution in [3.05, 3.63) is 29.8 Å². The van der Waals surface area contributed by atoms with Crippen LogP contribution in [0.5, 0.6) is 0 Å². The first kappa shape index (κ1) is 17.7. The quantitative estimate of drug-likeness (QED) is 0.782. The third-order valence-electron chi connectivity index (χ3n) is 2.92. The maximum atomic E-state index is 11.7. The Balaban J connectivity index is 2.45. The second-order valence-corrected chi connectivity index (χ2v) is 5.09. The number of hydrogen-bond acceptors (Lipinski definition) is 4. The van der Waals surface area contributed by atoms with Crippen LogP contribution in [-0.2, 0) is 14.3 Å². The van der Waals surface area contributed by atoms with Gasteiger partial charge in [-0.2, -0.15) is 0 Å². The van der Waals surface area contributed by atoms with Crippen LogP contribution >= 0.6 is 0 Å². The van der Waals surface area contributed by atoms with Gasteiger partial charge in [0.15, 0.2) is 6.61 Å². The number of ether oxygens (including phenoxy) is 1. The van der Waals surface area contributed by atoms with Crippen molar-refractivity contribution in [3.8, 4) is 0 Å². The molecule has 22 heavy (non-hydrogen) atoms. The van der Waals surface area contributed by atoms with Crippen LogP contribution in [0.4, 0.5) is 5.69 Å². The third kappa shape index (κ3) is 5.95. The van der Waals surface area contributed by atoms with Crippen molar-refractivity contribution in [2.24, 2.45) is 0 Å². The second-order valence-electron chi connectivity index (χ2n) is 5.09. The van der Waals surface area contributed by atoms with E-state index in [2.05, 4.69) is 5.32 Å². The Morgan fingerprint density at radius 3 is 2.32 bits per heavy atom. The van der Waals surface area contributed by atoms with Gasteiger partial charge in [-0.1, -0.05) is 13.3 Å². The van der Waals surface area contributed by atoms with E-state index in [9.17, 15) is 14.4 Å². The number of carbonyl (C=O) groups excluding carboxylic acids is 3. The zero-order valence-corrected chi connectivity index (χ0v) is 13.2. The summed E-state index contributed by atoms with van der Waals surface area (Å²) in [5.74, 6) is -0.886. The van der Waals surface area contributed by atoms with Gasteiger partial charge in [-0.3, -0.25) is 14.4 Å². The smallest absolute Gasteiger partial charge is 0.306 e. The molecule has 0 spiro atoms. The van der Waals surface area contributed by atoms with E-state index in [1.807, 2.05) is 6.92 Å². The first-order valence-corrected chi connectivity index (χ1v) is 7.21. The molecule has 0 saturated carbocycles. The molecule has 0 radical (unpaired) electrons. The van der Waals surface area contributed by atoms with Crippen LogP contribution in [0.1, 0.15) is 36.5 Å². The fourth-order valence-corrected chi connectivity index (χ4v) is 1.69. The van der Waals surface area contributed by atoms with E-state index in [1.54, 1.807) is 38.4 Å². The Labute approximate surface area is 130 Å². The molecule has 120 valence electrons. The Morgan fingerprint density at radius 2 is 1.77 bits per heavy atom. The number of hydrogen-bond donors (Lipinski definition) is 1. The van der Waals surface area contributed by atoms with Gasteiger partial charge in [0.1, 0.15) is 0 Å². The normalized spacial score (nSPS) is 9.95. The molecule has 0 fully saturated rings. The fraction of sp³-hybridized carbons (Fsp3) is 0.438. The first-order valence-electron chi connectivity index (χ1n) is 7.21. The molecule has 0 aliphatic heterocycles. The molecule has 1 N–H and O–H groups in total. The van der Waals surface area contributed by atoms with Crippen molar-refractivity contribution >= 4 is 23.5 Å². The summed E-state index contributed by atoms with van der Waals surface area (Å²) in [6.45, 7) is 1.67. The molecule has 0 aliphatic carbocycles. The lowest BCUT2D eigenvalue weighted by molar-refractivity contribution is -0.147. The second kappa shape index (κ2) is 8.81. The van der Waals surface area contributed by atoms with E-state index in [-0.39, 0.29) is 18.5 Å². The number of nitrogens with one attached hydrogen (secondary N) is 1. The molecular formula is C16H22N2O4. The maximum absolute atomic E-state index is 11.7. The molecule has 1 rings (SSSR count). The van der Waals surface area contributed by atoms with E-state index in [1.165, 1.54) is 4.90 Å². The summed E-state index contributed by atoms with van der Waals surface area (Å²) in [6, 6.07) is 6.53. The number of nitrogens with zero attached hydrogens (tertiary/aromatic N) is 1. The molecule has 1 aromatic rings. The van der Waals surface area contributed by atoms with E-state index < -0.39 is 5.91 Å². The van der Waals surface area contributed by atoms with Gasteiger partial charge in [0.25, 0.3) is 11.8 Å². The summed E-state index contributed by atoms with van der Waals surface area (Å²) < 4.78 is 4.86. The van der Waals surface area contributed by atoms with E-state index >= 15 is 0 Å². The minimum atomic E-state index is -0.406. The minimum absolute atomic E-state index is 0.109. The number of amides is 2. The molecule has 0 unspecified atom stereocenters. The van der Waals surface area contributed by atoms with Crippen molar-refractivity contribution in [1.82, 2.24) is 4.90 Å². The average Bonchev–Trinajstić information content (AvgIpc) is 2.50. The summed E-state index contributed by atoms with van der Waals surface area (Å²) in [6.07, 6.45) is 1.98. The van der Waals surface area contributed by atoms with Crippen molar-refractivity contribution < 1.29 is 19.1 Å². The van der Waals surface area contributed by atoms with Gasteiger partial charge in [0.2, 0.25) is 0 Å². The van der Waals surface area contributed by atoms with Gasteiger partial charge in [0, 0.05) is 31.8 Å². The van der Waals surface area contributed by atoms with Crippen LogP contribution in [0.15, 0.2) is 24.3 Å². The van der Waals surface area contributed by atoms with Crippen molar-refractivity contribution in [1.29, 1.82) is 0 Å². The standard InChI is InChI=1S/C16H22N2O4/c1-4-5-6-15(20)22-11-14(19)17-13-9-7-12(8-10-13)16(21)18(2)3/h7-10H,4-6,11H2,1-3H3,(H,17,19). The van der Waals surface area contributed by atoms with Crippen LogP contribution in [0.25, 0.3) is 0 Å². The van der Waals surface area contributed by atoms with Gasteiger partial charge >= 0.3 is 5.97 Å². The highest BCUT2D eigenvalue weighted by molar-refractivity contribution is 5.96. The van der Waals surface area contributed by atoms with Crippen LogP contribution in [0, 0.1) is 0 Å². The summed E-state index contributed by atoms with van der Waals surface area (Å²) >= 11 is 0. The molecule has 0 atom stereocenters. The molecule has 0 saturated heterocycles. The lowest BCUT2D eigenvalue weighted by Gasteiger charge is -2.11. The summed E-state index contributed by atoms with van der Waals surface area (Å²) in [7, 11) is 3.34. The molecule has 2 amide bonds. The molecular weight excluding hydrogens is 284 g/mol. The number of benzene rings is 1. The predicted octanol–water partition coefficient (Wildman–Crippen LogP) is 2.06. The monoisotopic (exact) mass is 306 g/mol. The van der Waals surface area contributed by atoms with Gasteiger partial charge in [-0.25, -0.2) is 0 Å². The first-order chi connectivity index (χ1) is 10.4. The van der Waals surface area contributed by atoms with E-state index in [4.69, 9.17) is 4.74 Å². The average molecular weight is 306 g/mol. The maximum Gasteiger partial charge on any atom is 0.306 e. The topological polar surface area (TPSA) is 75.7 Å². The minimum Gasteiger partial charge on any atom is -0.456 e. The molecule has 6 heteroatoms. The molecule has 6 nitrogen and oxygen atoms in total. The van der Waals surface area contributed by atoms with E-state index in [0.717, 1.165) is 12.8 Å². The summed E-state index contributed by atoms with van der Waals surface area (Å²) in [5, 5.41) is 2.61. The Hall–Kier alpha value is -2.37. The highest BCUT2D eigenvalue weighted by Gasteiger charge is 2.09. The summed E-state index contributed by atoms with van der Waals surface area (Å²) in [4.78, 5) is 36.2. The van der Waals surface area contributed by atoms with Gasteiger partial charge < -0.3 is 15.0 Å². The number of esters is 1. The number of unbranched alkanes of at least 4 members (excludes halogenated alkanes) is 1. The molecule has 1 aromatic carbocycles. The Bertz CT molecular complexity index is 523. The van der Waals surface area contributed by atoms with Gasteiger partial charge in [0.05, 0.1) is 0 Å². The van der Waals surface area contributed by atoms with Crippen molar-refractivity contribution in [2.75, 3.05) is 26.0 Å². The highest BCUT2D eigenvalue weighted by Crippen LogP contribution is 2.10. The Kier molecular flexibility index (Phi) is 7.08. The molecule has 0 aliphatic rings. The number of carbonyl (C=O) groups is 3. The number of rotatable bonds is 7. The van der Waals surface area contributed by atoms with Crippen LogP contribution in [0.3, 0.4) is 0 Å². The zero-order valence-electron chi connectivity index (χ0n) is 13.2. The van der Waals surface area contributed by atoms with Crippen LogP contribution in [-0.4, -0.2) is 43.4 Å². The van der Waals surface area contributed by atoms with E-state index in [0.29, 0.717) is 17.7 Å². The lowest BCUT2D eigenvalue weighted by atomic mass is 10.2. The fourth-order valence-electron chi connectivity index (χ4n) is 1.69.